The smallest absolute Gasteiger partial charge is 0.254 e. The minimum Gasteiger partial charge on any atom is -0.348 e. The van der Waals surface area contributed by atoms with E-state index in [2.05, 4.69) is 23.4 Å². The van der Waals surface area contributed by atoms with Gasteiger partial charge in [-0.15, -0.1) is 0 Å². The van der Waals surface area contributed by atoms with Crippen LogP contribution >= 0.6 is 0 Å². The summed E-state index contributed by atoms with van der Waals surface area (Å²) in [6.07, 6.45) is 6.36. The number of piperidine rings is 2. The monoisotopic (exact) mass is 324 g/mol. The largest absolute Gasteiger partial charge is 0.348 e. The molecule has 2 fully saturated rings. The Kier molecular flexibility index (Phi) is 4.84. The van der Waals surface area contributed by atoms with Gasteiger partial charge in [-0.25, -0.2) is 0 Å². The van der Waals surface area contributed by atoms with Gasteiger partial charge >= 0.3 is 0 Å². The van der Waals surface area contributed by atoms with Crippen molar-refractivity contribution in [1.29, 1.82) is 0 Å². The Morgan fingerprint density at radius 3 is 2.54 bits per heavy atom. The van der Waals surface area contributed by atoms with E-state index in [0.717, 1.165) is 31.2 Å². The van der Waals surface area contributed by atoms with Crippen LogP contribution in [0, 0.1) is 0 Å². The molecule has 3 rings (SSSR count). The van der Waals surface area contributed by atoms with Crippen molar-refractivity contribution in [3.05, 3.63) is 60.2 Å². The van der Waals surface area contributed by atoms with Gasteiger partial charge in [0.05, 0.1) is 0 Å². The third-order valence-electron chi connectivity index (χ3n) is 5.03. The molecule has 2 aliphatic heterocycles. The first kappa shape index (κ1) is 16.5. The lowest BCUT2D eigenvalue weighted by molar-refractivity contribution is -0.116. The van der Waals surface area contributed by atoms with Gasteiger partial charge in [0.2, 0.25) is 5.91 Å². The van der Waals surface area contributed by atoms with Crippen LogP contribution in [0.25, 0.3) is 0 Å². The molecule has 0 aromatic heterocycles. The molecule has 2 aliphatic rings. The Labute approximate surface area is 143 Å². The highest BCUT2D eigenvalue weighted by atomic mass is 16.2. The maximum absolute atomic E-state index is 13.2. The Morgan fingerprint density at radius 1 is 1.21 bits per heavy atom. The first-order valence-corrected chi connectivity index (χ1v) is 8.57. The second-order valence-corrected chi connectivity index (χ2v) is 6.69. The highest BCUT2D eigenvalue weighted by Crippen LogP contribution is 2.37. The number of nitrogens with one attached hydrogen (secondary N) is 1. The molecule has 2 heterocycles. The Hall–Kier alpha value is -2.36. The van der Waals surface area contributed by atoms with Gasteiger partial charge in [-0.3, -0.25) is 9.59 Å². The van der Waals surface area contributed by atoms with Crippen molar-refractivity contribution in [2.24, 2.45) is 0 Å². The first-order chi connectivity index (χ1) is 11.6. The van der Waals surface area contributed by atoms with Crippen molar-refractivity contribution < 1.29 is 9.59 Å². The lowest BCUT2D eigenvalue weighted by Crippen LogP contribution is -2.53. The zero-order valence-electron chi connectivity index (χ0n) is 14.0. The number of rotatable bonds is 4. The van der Waals surface area contributed by atoms with E-state index >= 15 is 0 Å². The number of hydrogen-bond donors (Lipinski definition) is 1. The van der Waals surface area contributed by atoms with Crippen molar-refractivity contribution in [1.82, 2.24) is 10.2 Å². The molecule has 1 N–H and O–H groups in total. The van der Waals surface area contributed by atoms with Gasteiger partial charge in [0, 0.05) is 24.2 Å². The summed E-state index contributed by atoms with van der Waals surface area (Å²) in [4.78, 5) is 26.7. The van der Waals surface area contributed by atoms with Crippen molar-refractivity contribution in [3.63, 3.8) is 0 Å². The zero-order chi connectivity index (χ0) is 17.1. The molecular formula is C20H24N2O2. The van der Waals surface area contributed by atoms with Crippen molar-refractivity contribution in [2.75, 3.05) is 0 Å². The minimum absolute atomic E-state index is 0.0839. The fraction of sp³-hybridized carbons (Fsp3) is 0.400. The summed E-state index contributed by atoms with van der Waals surface area (Å²) in [6, 6.07) is 8.07. The Balaban J connectivity index is 1.83. The van der Waals surface area contributed by atoms with Gasteiger partial charge in [-0.05, 0) is 49.8 Å². The van der Waals surface area contributed by atoms with Crippen LogP contribution in [0.1, 0.15) is 48.0 Å². The van der Waals surface area contributed by atoms with Gasteiger partial charge in [-0.1, -0.05) is 36.9 Å². The highest BCUT2D eigenvalue weighted by molar-refractivity contribution is 5.96. The third kappa shape index (κ3) is 3.28. The van der Waals surface area contributed by atoms with E-state index in [4.69, 9.17) is 0 Å². The molecule has 0 radical (unpaired) electrons. The second-order valence-electron chi connectivity index (χ2n) is 6.69. The number of fused-ring (bicyclic) bond motifs is 2. The average Bonchev–Trinajstić information content (AvgIpc) is 2.58. The molecule has 0 saturated carbocycles. The van der Waals surface area contributed by atoms with E-state index in [9.17, 15) is 9.59 Å². The minimum atomic E-state index is -0.233. The number of carbonyl (C=O) groups is 2. The van der Waals surface area contributed by atoms with Gasteiger partial charge in [-0.2, -0.15) is 0 Å². The van der Waals surface area contributed by atoms with E-state index in [-0.39, 0.29) is 23.9 Å². The molecule has 4 nitrogen and oxygen atoms in total. The van der Waals surface area contributed by atoms with Crippen LogP contribution in [-0.4, -0.2) is 28.8 Å². The van der Waals surface area contributed by atoms with Crippen LogP contribution < -0.4 is 5.32 Å². The van der Waals surface area contributed by atoms with E-state index in [0.29, 0.717) is 12.1 Å². The van der Waals surface area contributed by atoms with Crippen molar-refractivity contribution >= 4 is 11.8 Å². The molecule has 1 aromatic carbocycles. The standard InChI is InChI=1S/C20H24N2O2/c1-3-19(23)21-13-15-7-4-5-10-18(15)20(24)22-16-8-6-9-17(22)12-14(2)11-16/h3-5,7,10,16-17H,1-2,6,8-9,11-13H2,(H,21,23). The summed E-state index contributed by atoms with van der Waals surface area (Å²) in [7, 11) is 0. The van der Waals surface area contributed by atoms with Crippen LogP contribution in [-0.2, 0) is 11.3 Å². The molecule has 126 valence electrons. The topological polar surface area (TPSA) is 49.4 Å². The van der Waals surface area contributed by atoms with Crippen LogP contribution in [0.4, 0.5) is 0 Å². The van der Waals surface area contributed by atoms with Gasteiger partial charge in [0.1, 0.15) is 0 Å². The number of carbonyl (C=O) groups excluding carboxylic acids is 2. The lowest BCUT2D eigenvalue weighted by atomic mass is 9.81. The van der Waals surface area contributed by atoms with Crippen LogP contribution in [0.5, 0.6) is 0 Å². The molecular weight excluding hydrogens is 300 g/mol. The first-order valence-electron chi connectivity index (χ1n) is 8.57. The molecule has 4 heteroatoms. The summed E-state index contributed by atoms with van der Waals surface area (Å²) >= 11 is 0. The molecule has 0 spiro atoms. The Morgan fingerprint density at radius 2 is 1.88 bits per heavy atom. The van der Waals surface area contributed by atoms with E-state index in [1.54, 1.807) is 0 Å². The maximum atomic E-state index is 13.2. The average molecular weight is 324 g/mol. The zero-order valence-corrected chi connectivity index (χ0v) is 14.0. The number of amides is 2. The normalized spacial score (nSPS) is 22.8. The number of benzene rings is 1. The predicted octanol–water partition coefficient (Wildman–Crippen LogP) is 3.20. The highest BCUT2D eigenvalue weighted by Gasteiger charge is 2.38. The van der Waals surface area contributed by atoms with Gasteiger partial charge in [0.25, 0.3) is 5.91 Å². The Bertz CT molecular complexity index is 664. The summed E-state index contributed by atoms with van der Waals surface area (Å²) in [6.45, 7) is 7.93. The summed E-state index contributed by atoms with van der Waals surface area (Å²) in [5.74, 6) is -0.149. The molecule has 1 aromatic rings. The van der Waals surface area contributed by atoms with Gasteiger partial charge < -0.3 is 10.2 Å². The molecule has 2 bridgehead atoms. The number of hydrogen-bond acceptors (Lipinski definition) is 2. The summed E-state index contributed by atoms with van der Waals surface area (Å²) in [5.41, 5.74) is 2.80. The fourth-order valence-corrected chi connectivity index (χ4v) is 3.92. The predicted molar refractivity (Wildman–Crippen MR) is 94.5 cm³/mol. The van der Waals surface area contributed by atoms with E-state index in [1.807, 2.05) is 24.3 Å². The van der Waals surface area contributed by atoms with Crippen LogP contribution in [0.3, 0.4) is 0 Å². The van der Waals surface area contributed by atoms with E-state index in [1.165, 1.54) is 18.1 Å². The molecule has 2 unspecified atom stereocenters. The lowest BCUT2D eigenvalue weighted by Gasteiger charge is -2.47. The third-order valence-corrected chi connectivity index (χ3v) is 5.03. The van der Waals surface area contributed by atoms with Crippen molar-refractivity contribution in [3.8, 4) is 0 Å². The number of nitrogens with zero attached hydrogens (tertiary/aromatic N) is 1. The van der Waals surface area contributed by atoms with Crippen LogP contribution in [0.2, 0.25) is 0 Å². The second kappa shape index (κ2) is 7.04. The summed E-state index contributed by atoms with van der Waals surface area (Å²) in [5, 5.41) is 2.76. The molecule has 2 amide bonds. The van der Waals surface area contributed by atoms with E-state index < -0.39 is 0 Å². The molecule has 0 aliphatic carbocycles. The van der Waals surface area contributed by atoms with Gasteiger partial charge in [0.15, 0.2) is 0 Å². The molecule has 2 atom stereocenters. The summed E-state index contributed by atoms with van der Waals surface area (Å²) < 4.78 is 0. The SMILES string of the molecule is C=CC(=O)NCc1ccccc1C(=O)N1C2CCCC1CC(=C)C2. The van der Waals surface area contributed by atoms with Crippen molar-refractivity contribution in [2.45, 2.75) is 50.7 Å². The van der Waals surface area contributed by atoms with Crippen LogP contribution in [0.15, 0.2) is 49.1 Å². The maximum Gasteiger partial charge on any atom is 0.254 e. The quantitative estimate of drug-likeness (QED) is 0.683. The molecule has 24 heavy (non-hydrogen) atoms. The molecule has 2 saturated heterocycles. The fourth-order valence-electron chi connectivity index (χ4n) is 3.92.